The van der Waals surface area contributed by atoms with E-state index in [2.05, 4.69) is 42.6 Å². The standard InChI is InChI=1S/C17H27N/c1-2-18-17(14-15-10-6-5-7-11-15)16-12-8-3-4-9-13-16/h5-7,10-11,16-18H,2-4,8-9,12-14H2,1H3. The van der Waals surface area contributed by atoms with Crippen molar-refractivity contribution in [3.05, 3.63) is 35.9 Å². The second kappa shape index (κ2) is 7.58. The molecule has 100 valence electrons. The highest BCUT2D eigenvalue weighted by Crippen LogP contribution is 2.27. The van der Waals surface area contributed by atoms with E-state index in [9.17, 15) is 0 Å². The van der Waals surface area contributed by atoms with Crippen LogP contribution in [0.5, 0.6) is 0 Å². The fourth-order valence-electron chi connectivity index (χ4n) is 3.25. The number of rotatable bonds is 5. The van der Waals surface area contributed by atoms with E-state index < -0.39 is 0 Å². The molecular weight excluding hydrogens is 218 g/mol. The molecule has 18 heavy (non-hydrogen) atoms. The lowest BCUT2D eigenvalue weighted by atomic mass is 9.87. The minimum atomic E-state index is 0.676. The van der Waals surface area contributed by atoms with Gasteiger partial charge in [0.2, 0.25) is 0 Å². The first-order valence-corrected chi connectivity index (χ1v) is 7.67. The van der Waals surface area contributed by atoms with Gasteiger partial charge in [-0.05, 0) is 37.3 Å². The lowest BCUT2D eigenvalue weighted by molar-refractivity contribution is 0.321. The first-order chi connectivity index (χ1) is 8.90. The molecule has 2 rings (SSSR count). The maximum absolute atomic E-state index is 3.73. The largest absolute Gasteiger partial charge is 0.314 e. The summed E-state index contributed by atoms with van der Waals surface area (Å²) in [6.45, 7) is 3.32. The molecule has 0 bridgehead atoms. The Morgan fingerprint density at radius 2 is 1.72 bits per heavy atom. The molecule has 1 unspecified atom stereocenters. The lowest BCUT2D eigenvalue weighted by Gasteiger charge is -2.27. The molecule has 0 heterocycles. The predicted octanol–water partition coefficient (Wildman–Crippen LogP) is 4.18. The average Bonchev–Trinajstić information content (AvgIpc) is 2.68. The van der Waals surface area contributed by atoms with Gasteiger partial charge in [-0.1, -0.05) is 62.9 Å². The molecule has 1 aromatic rings. The zero-order valence-corrected chi connectivity index (χ0v) is 11.7. The molecule has 0 saturated heterocycles. The molecule has 1 aliphatic carbocycles. The van der Waals surface area contributed by atoms with Crippen molar-refractivity contribution in [3.63, 3.8) is 0 Å². The summed E-state index contributed by atoms with van der Waals surface area (Å²) in [5.41, 5.74) is 1.48. The van der Waals surface area contributed by atoms with Crippen molar-refractivity contribution < 1.29 is 0 Å². The number of hydrogen-bond acceptors (Lipinski definition) is 1. The maximum atomic E-state index is 3.73. The Kier molecular flexibility index (Phi) is 5.73. The lowest BCUT2D eigenvalue weighted by Crippen LogP contribution is -2.37. The van der Waals surface area contributed by atoms with Crippen LogP contribution in [0.2, 0.25) is 0 Å². The van der Waals surface area contributed by atoms with Gasteiger partial charge in [0.05, 0.1) is 0 Å². The Morgan fingerprint density at radius 1 is 1.06 bits per heavy atom. The second-order valence-electron chi connectivity index (χ2n) is 5.61. The quantitative estimate of drug-likeness (QED) is 0.767. The van der Waals surface area contributed by atoms with Gasteiger partial charge in [0.1, 0.15) is 0 Å². The number of hydrogen-bond donors (Lipinski definition) is 1. The van der Waals surface area contributed by atoms with Crippen LogP contribution in [0.15, 0.2) is 30.3 Å². The Labute approximate surface area is 112 Å². The van der Waals surface area contributed by atoms with E-state index in [1.165, 1.54) is 50.5 Å². The molecule has 0 amide bonds. The molecule has 1 fully saturated rings. The third kappa shape index (κ3) is 4.13. The van der Waals surface area contributed by atoms with Crippen molar-refractivity contribution in [2.24, 2.45) is 5.92 Å². The number of benzene rings is 1. The van der Waals surface area contributed by atoms with Crippen molar-refractivity contribution in [2.45, 2.75) is 57.9 Å². The molecule has 0 aliphatic heterocycles. The molecule has 1 saturated carbocycles. The third-order valence-electron chi connectivity index (χ3n) is 4.23. The van der Waals surface area contributed by atoms with E-state index in [-0.39, 0.29) is 0 Å². The first kappa shape index (κ1) is 13.6. The highest BCUT2D eigenvalue weighted by molar-refractivity contribution is 5.16. The van der Waals surface area contributed by atoms with Crippen LogP contribution < -0.4 is 5.32 Å². The summed E-state index contributed by atoms with van der Waals surface area (Å²) in [5, 5.41) is 3.73. The van der Waals surface area contributed by atoms with Crippen LogP contribution >= 0.6 is 0 Å². The van der Waals surface area contributed by atoms with E-state index in [1.807, 2.05) is 0 Å². The van der Waals surface area contributed by atoms with Crippen molar-refractivity contribution in [2.75, 3.05) is 6.54 Å². The van der Waals surface area contributed by atoms with Crippen molar-refractivity contribution in [1.29, 1.82) is 0 Å². The summed E-state index contributed by atoms with van der Waals surface area (Å²) in [6.07, 6.45) is 9.79. The molecule has 0 radical (unpaired) electrons. The van der Waals surface area contributed by atoms with E-state index in [1.54, 1.807) is 0 Å². The summed E-state index contributed by atoms with van der Waals surface area (Å²) in [5.74, 6) is 0.882. The van der Waals surface area contributed by atoms with Crippen molar-refractivity contribution in [3.8, 4) is 0 Å². The molecule has 1 heteroatoms. The van der Waals surface area contributed by atoms with Gasteiger partial charge in [-0.2, -0.15) is 0 Å². The van der Waals surface area contributed by atoms with Crippen LogP contribution in [0.25, 0.3) is 0 Å². The van der Waals surface area contributed by atoms with Crippen molar-refractivity contribution >= 4 is 0 Å². The van der Waals surface area contributed by atoms with Gasteiger partial charge in [0.25, 0.3) is 0 Å². The van der Waals surface area contributed by atoms with Gasteiger partial charge >= 0.3 is 0 Å². The monoisotopic (exact) mass is 245 g/mol. The number of nitrogens with one attached hydrogen (secondary N) is 1. The Balaban J connectivity index is 1.97. The van der Waals surface area contributed by atoms with Crippen LogP contribution in [0, 0.1) is 5.92 Å². The summed E-state index contributed by atoms with van der Waals surface area (Å²) in [4.78, 5) is 0. The van der Waals surface area contributed by atoms with Gasteiger partial charge in [0.15, 0.2) is 0 Å². The Morgan fingerprint density at radius 3 is 2.33 bits per heavy atom. The molecule has 1 N–H and O–H groups in total. The average molecular weight is 245 g/mol. The van der Waals surface area contributed by atoms with Gasteiger partial charge < -0.3 is 5.32 Å². The molecule has 1 atom stereocenters. The van der Waals surface area contributed by atoms with Gasteiger partial charge in [-0.25, -0.2) is 0 Å². The highest BCUT2D eigenvalue weighted by atomic mass is 14.9. The summed E-state index contributed by atoms with van der Waals surface area (Å²) < 4.78 is 0. The molecule has 0 spiro atoms. The summed E-state index contributed by atoms with van der Waals surface area (Å²) >= 11 is 0. The maximum Gasteiger partial charge on any atom is 0.0136 e. The topological polar surface area (TPSA) is 12.0 Å². The summed E-state index contributed by atoms with van der Waals surface area (Å²) in [6, 6.07) is 11.6. The van der Waals surface area contributed by atoms with Crippen LogP contribution in [0.3, 0.4) is 0 Å². The Hall–Kier alpha value is -0.820. The molecule has 1 nitrogen and oxygen atoms in total. The highest BCUT2D eigenvalue weighted by Gasteiger charge is 2.21. The SMILES string of the molecule is CCNC(Cc1ccccc1)C1CCCCCC1. The minimum Gasteiger partial charge on any atom is -0.314 e. The zero-order chi connectivity index (χ0) is 12.6. The molecular formula is C17H27N. The van der Waals surface area contributed by atoms with E-state index in [0.717, 1.165) is 12.5 Å². The summed E-state index contributed by atoms with van der Waals surface area (Å²) in [7, 11) is 0. The van der Waals surface area contributed by atoms with Gasteiger partial charge in [-0.3, -0.25) is 0 Å². The smallest absolute Gasteiger partial charge is 0.0136 e. The van der Waals surface area contributed by atoms with Crippen molar-refractivity contribution in [1.82, 2.24) is 5.32 Å². The normalized spacial score (nSPS) is 19.4. The Bertz CT molecular complexity index is 312. The number of likely N-dealkylation sites (N-methyl/N-ethyl adjacent to an activating group) is 1. The van der Waals surface area contributed by atoms with Crippen LogP contribution in [-0.4, -0.2) is 12.6 Å². The van der Waals surface area contributed by atoms with E-state index in [0.29, 0.717) is 6.04 Å². The van der Waals surface area contributed by atoms with Crippen LogP contribution in [0.1, 0.15) is 51.0 Å². The van der Waals surface area contributed by atoms with Crippen LogP contribution in [-0.2, 0) is 6.42 Å². The fraction of sp³-hybridized carbons (Fsp3) is 0.647. The minimum absolute atomic E-state index is 0.676. The fourth-order valence-corrected chi connectivity index (χ4v) is 3.25. The second-order valence-corrected chi connectivity index (χ2v) is 5.61. The predicted molar refractivity (Wildman–Crippen MR) is 78.8 cm³/mol. The zero-order valence-electron chi connectivity index (χ0n) is 11.7. The van der Waals surface area contributed by atoms with Crippen LogP contribution in [0.4, 0.5) is 0 Å². The van der Waals surface area contributed by atoms with E-state index in [4.69, 9.17) is 0 Å². The van der Waals surface area contributed by atoms with E-state index >= 15 is 0 Å². The first-order valence-electron chi connectivity index (χ1n) is 7.67. The van der Waals surface area contributed by atoms with Gasteiger partial charge in [-0.15, -0.1) is 0 Å². The molecule has 1 aliphatic rings. The van der Waals surface area contributed by atoms with Gasteiger partial charge in [0, 0.05) is 6.04 Å². The third-order valence-corrected chi connectivity index (χ3v) is 4.23. The molecule has 1 aromatic carbocycles. The molecule has 0 aromatic heterocycles.